The number of aliphatic hydroxyl groups excluding tert-OH is 1. The maximum atomic E-state index is 11.5. The third kappa shape index (κ3) is 5.18. The number of aryl methyl sites for hydroxylation is 1. The van der Waals surface area contributed by atoms with Crippen LogP contribution < -0.4 is 5.73 Å². The molecule has 0 amide bonds. The van der Waals surface area contributed by atoms with E-state index < -0.39 is 6.23 Å². The monoisotopic (exact) mass is 479 g/mol. The van der Waals surface area contributed by atoms with Crippen molar-refractivity contribution in [1.29, 1.82) is 0 Å². The van der Waals surface area contributed by atoms with E-state index in [1.807, 2.05) is 43.1 Å². The number of hydrogen-bond acceptors (Lipinski definition) is 10. The van der Waals surface area contributed by atoms with E-state index in [0.717, 1.165) is 80.4 Å². The zero-order valence-electron chi connectivity index (χ0n) is 20.8. The van der Waals surface area contributed by atoms with Gasteiger partial charge in [-0.15, -0.1) is 0 Å². The number of rotatable bonds is 2. The molecule has 2 aromatic rings. The van der Waals surface area contributed by atoms with Crippen LogP contribution in [0.25, 0.3) is 10.9 Å². The number of likely N-dealkylation sites (tertiary alicyclic amines) is 1. The highest BCUT2D eigenvalue weighted by molar-refractivity contribution is 5.84. The lowest BCUT2D eigenvalue weighted by Crippen LogP contribution is -2.54. The van der Waals surface area contributed by atoms with E-state index in [4.69, 9.17) is 25.7 Å². The number of nitrogens with two attached hydrogens (primary N) is 1. The zero-order chi connectivity index (χ0) is 24.4. The number of aromatic nitrogens is 2. The smallest absolute Gasteiger partial charge is 0.200 e. The summed E-state index contributed by atoms with van der Waals surface area (Å²) < 4.78 is 0. The summed E-state index contributed by atoms with van der Waals surface area (Å²) in [5.74, 6) is 2.35. The number of likely N-dealkylation sites (N-methyl/N-ethyl adjacent to an activating group) is 1. The van der Waals surface area contributed by atoms with Crippen LogP contribution in [0.4, 0.5) is 0 Å². The first-order valence-corrected chi connectivity index (χ1v) is 12.7. The minimum Gasteiger partial charge on any atom is -0.372 e. The summed E-state index contributed by atoms with van der Waals surface area (Å²) in [6, 6.07) is 8.20. The molecule has 10 nitrogen and oxygen atoms in total. The summed E-state index contributed by atoms with van der Waals surface area (Å²) in [4.78, 5) is 28.0. The van der Waals surface area contributed by atoms with Gasteiger partial charge in [-0.3, -0.25) is 4.99 Å². The minimum atomic E-state index is -0.795. The van der Waals surface area contributed by atoms with Gasteiger partial charge in [0.1, 0.15) is 18.7 Å². The Hall–Kier alpha value is -2.98. The van der Waals surface area contributed by atoms with E-state index >= 15 is 0 Å². The number of hydrogen-bond donors (Lipinski definition) is 2. The van der Waals surface area contributed by atoms with Crippen molar-refractivity contribution in [1.82, 2.24) is 29.6 Å². The quantitative estimate of drug-likeness (QED) is 0.661. The van der Waals surface area contributed by atoms with Gasteiger partial charge in [0.05, 0.1) is 18.6 Å². The predicted octanol–water partition coefficient (Wildman–Crippen LogP) is 1.19. The first-order valence-electron chi connectivity index (χ1n) is 12.7. The molecule has 35 heavy (non-hydrogen) atoms. The molecule has 10 heteroatoms. The Bertz CT molecular complexity index is 1100. The Labute approximate surface area is 207 Å². The van der Waals surface area contributed by atoms with Gasteiger partial charge < -0.3 is 30.4 Å². The molecular formula is C25H37N9O. The van der Waals surface area contributed by atoms with E-state index in [1.54, 1.807) is 0 Å². The summed E-state index contributed by atoms with van der Waals surface area (Å²) in [6.45, 7) is 6.57. The number of nitrogens with zero attached hydrogens (tertiary/aromatic N) is 8. The van der Waals surface area contributed by atoms with Gasteiger partial charge in [0.25, 0.3) is 0 Å². The first-order chi connectivity index (χ1) is 17.0. The van der Waals surface area contributed by atoms with E-state index in [-0.39, 0.29) is 6.04 Å². The fraction of sp³-hybridized carbons (Fsp3) is 0.600. The van der Waals surface area contributed by atoms with Crippen LogP contribution in [0.15, 0.2) is 34.3 Å². The molecule has 0 radical (unpaired) electrons. The van der Waals surface area contributed by atoms with Crippen molar-refractivity contribution in [3.05, 3.63) is 35.8 Å². The molecule has 0 bridgehead atoms. The molecule has 0 aliphatic carbocycles. The second-order valence-corrected chi connectivity index (χ2v) is 9.83. The zero-order valence-corrected chi connectivity index (χ0v) is 20.8. The topological polar surface area (TPSA) is 110 Å². The van der Waals surface area contributed by atoms with Crippen LogP contribution in [0.2, 0.25) is 0 Å². The second kappa shape index (κ2) is 10.3. The van der Waals surface area contributed by atoms with Gasteiger partial charge in [0, 0.05) is 50.3 Å². The van der Waals surface area contributed by atoms with Crippen molar-refractivity contribution >= 4 is 22.8 Å². The Kier molecular flexibility index (Phi) is 7.01. The molecule has 5 rings (SSSR count). The lowest BCUT2D eigenvalue weighted by atomic mass is 10.1. The number of β-amino-alcohol motifs (C(OH)–C–C–N with tert-alkyl or cyclic N) is 1. The van der Waals surface area contributed by atoms with Gasteiger partial charge in [0.15, 0.2) is 5.96 Å². The molecule has 0 saturated carbocycles. The molecule has 1 aromatic heterocycles. The van der Waals surface area contributed by atoms with Gasteiger partial charge in [-0.2, -0.15) is 0 Å². The van der Waals surface area contributed by atoms with Crippen LogP contribution in [0.5, 0.6) is 0 Å². The highest BCUT2D eigenvalue weighted by Crippen LogP contribution is 2.20. The predicted molar refractivity (Wildman–Crippen MR) is 138 cm³/mol. The maximum Gasteiger partial charge on any atom is 0.200 e. The summed E-state index contributed by atoms with van der Waals surface area (Å²) in [5, 5.41) is 12.6. The van der Waals surface area contributed by atoms with Crippen LogP contribution in [0, 0.1) is 6.92 Å². The molecule has 3 aliphatic heterocycles. The number of aliphatic hydroxyl groups is 1. The molecule has 4 heterocycles. The molecule has 1 fully saturated rings. The van der Waals surface area contributed by atoms with Gasteiger partial charge in [-0.05, 0) is 38.7 Å². The highest BCUT2D eigenvalue weighted by Gasteiger charge is 2.32. The second-order valence-electron chi connectivity index (χ2n) is 9.83. The van der Waals surface area contributed by atoms with Crippen molar-refractivity contribution in [2.75, 3.05) is 46.4 Å². The van der Waals surface area contributed by atoms with E-state index in [9.17, 15) is 5.11 Å². The van der Waals surface area contributed by atoms with Gasteiger partial charge in [-0.25, -0.2) is 15.0 Å². The average molecular weight is 480 g/mol. The maximum absolute atomic E-state index is 11.5. The number of aliphatic imine (C=N–C) groups is 2. The normalized spacial score (nSPS) is 25.7. The Balaban J connectivity index is 1.47. The minimum absolute atomic E-state index is 0.150. The fourth-order valence-electron chi connectivity index (χ4n) is 5.25. The third-order valence-electron chi connectivity index (χ3n) is 7.04. The molecule has 0 spiro atoms. The summed E-state index contributed by atoms with van der Waals surface area (Å²) in [5.41, 5.74) is 8.13. The molecular weight excluding hydrogens is 442 g/mol. The van der Waals surface area contributed by atoms with E-state index in [0.29, 0.717) is 25.6 Å². The van der Waals surface area contributed by atoms with Gasteiger partial charge >= 0.3 is 0 Å². The number of benzene rings is 1. The number of guanidine groups is 2. The Morgan fingerprint density at radius 1 is 1.00 bits per heavy atom. The standard InChI is InChI=1S/C25H37N9O/c1-18-20-9-3-4-10-21(20)30-22(29-18)15-34-23(35)16-31(2)24(32-13-7-8-19(26)14-32)28-17-33-12-6-5-11-27-25(33)34/h3-4,9-10,19,23,35H,5-8,11-17,26H2,1-2H3/b28-24+. The molecule has 188 valence electrons. The van der Waals surface area contributed by atoms with Crippen molar-refractivity contribution in [2.45, 2.75) is 51.4 Å². The number of fused-ring (bicyclic) bond motifs is 2. The first kappa shape index (κ1) is 23.7. The number of piperidine rings is 1. The molecule has 1 aromatic carbocycles. The average Bonchev–Trinajstić information content (AvgIpc) is 3.06. The highest BCUT2D eigenvalue weighted by atomic mass is 16.3. The Morgan fingerprint density at radius 2 is 1.83 bits per heavy atom. The third-order valence-corrected chi connectivity index (χ3v) is 7.04. The van der Waals surface area contributed by atoms with Crippen molar-refractivity contribution in [2.24, 2.45) is 15.7 Å². The molecule has 3 aliphatic rings. The van der Waals surface area contributed by atoms with Crippen molar-refractivity contribution in [3.8, 4) is 0 Å². The molecule has 2 atom stereocenters. The lowest BCUT2D eigenvalue weighted by Gasteiger charge is -2.38. The molecule has 1 saturated heterocycles. The summed E-state index contributed by atoms with van der Waals surface area (Å²) in [6.07, 6.45) is 3.36. The van der Waals surface area contributed by atoms with Gasteiger partial charge in [0.2, 0.25) is 5.96 Å². The van der Waals surface area contributed by atoms with Crippen LogP contribution >= 0.6 is 0 Å². The van der Waals surface area contributed by atoms with E-state index in [2.05, 4.69) is 14.7 Å². The fourth-order valence-corrected chi connectivity index (χ4v) is 5.25. The SMILES string of the molecule is Cc1nc(CN2C3=NCCCCN3C/N=C(/N3CCCC(N)C3)N(C)CC2O)nc2ccccc12. The summed E-state index contributed by atoms with van der Waals surface area (Å²) >= 11 is 0. The van der Waals surface area contributed by atoms with Crippen LogP contribution in [-0.2, 0) is 6.54 Å². The van der Waals surface area contributed by atoms with Crippen molar-refractivity contribution in [3.63, 3.8) is 0 Å². The van der Waals surface area contributed by atoms with Crippen LogP contribution in [0.3, 0.4) is 0 Å². The van der Waals surface area contributed by atoms with Crippen LogP contribution in [-0.4, -0.2) is 105 Å². The van der Waals surface area contributed by atoms with Crippen molar-refractivity contribution < 1.29 is 5.11 Å². The Morgan fingerprint density at radius 3 is 2.69 bits per heavy atom. The summed E-state index contributed by atoms with van der Waals surface area (Å²) in [7, 11) is 2.00. The lowest BCUT2D eigenvalue weighted by molar-refractivity contribution is 0.0240. The van der Waals surface area contributed by atoms with Gasteiger partial charge in [-0.1, -0.05) is 18.2 Å². The molecule has 2 unspecified atom stereocenters. The largest absolute Gasteiger partial charge is 0.372 e. The van der Waals surface area contributed by atoms with E-state index in [1.165, 1.54) is 0 Å². The number of para-hydroxylation sites is 1. The molecule has 3 N–H and O–H groups in total. The van der Waals surface area contributed by atoms with Crippen LogP contribution in [0.1, 0.15) is 37.2 Å².